The summed E-state index contributed by atoms with van der Waals surface area (Å²) in [5.74, 6) is -1.45. The van der Waals surface area contributed by atoms with Crippen molar-refractivity contribution in [2.24, 2.45) is 5.92 Å². The average Bonchev–Trinajstić information content (AvgIpc) is 2.61. The molecule has 0 spiro atoms. The summed E-state index contributed by atoms with van der Waals surface area (Å²) in [5, 5.41) is 0. The molecule has 0 N–H and O–H groups in total. The molecule has 0 bridgehead atoms. The Balaban J connectivity index is 2.29. The van der Waals surface area contributed by atoms with E-state index in [1.165, 1.54) is 12.1 Å². The number of sulfone groups is 1. The van der Waals surface area contributed by atoms with Crippen LogP contribution in [0, 0.1) is 11.7 Å². The van der Waals surface area contributed by atoms with Crippen molar-refractivity contribution in [3.05, 3.63) is 34.1 Å². The van der Waals surface area contributed by atoms with Crippen molar-refractivity contribution in [1.82, 2.24) is 0 Å². The van der Waals surface area contributed by atoms with E-state index >= 15 is 0 Å². The van der Waals surface area contributed by atoms with Gasteiger partial charge >= 0.3 is 0 Å². The van der Waals surface area contributed by atoms with Gasteiger partial charge in [0.2, 0.25) is 0 Å². The van der Waals surface area contributed by atoms with Gasteiger partial charge in [0.15, 0.2) is 15.6 Å². The highest BCUT2D eigenvalue weighted by atomic mass is 79.9. The number of rotatable bonds is 2. The van der Waals surface area contributed by atoms with Crippen molar-refractivity contribution in [1.29, 1.82) is 0 Å². The minimum Gasteiger partial charge on any atom is -0.294 e. The number of hydrogen-bond acceptors (Lipinski definition) is 3. The molecule has 2 rings (SSSR count). The fourth-order valence-corrected chi connectivity index (χ4v) is 4.09. The Kier molecular flexibility index (Phi) is 3.36. The van der Waals surface area contributed by atoms with Crippen molar-refractivity contribution in [2.75, 3.05) is 11.5 Å². The first-order valence-corrected chi connectivity index (χ1v) is 7.70. The highest BCUT2D eigenvalue weighted by Crippen LogP contribution is 2.27. The number of Topliss-reactive ketones (excluding diaryl/α,β-unsaturated/α-hetero) is 1. The molecule has 6 heteroatoms. The van der Waals surface area contributed by atoms with Crippen LogP contribution in [-0.2, 0) is 9.84 Å². The fraction of sp³-hybridized carbons (Fsp3) is 0.364. The first kappa shape index (κ1) is 12.7. The van der Waals surface area contributed by atoms with Crippen LogP contribution >= 0.6 is 15.9 Å². The predicted molar refractivity (Wildman–Crippen MR) is 65.2 cm³/mol. The van der Waals surface area contributed by atoms with Gasteiger partial charge in [0, 0.05) is 16.0 Å². The van der Waals surface area contributed by atoms with Gasteiger partial charge in [-0.25, -0.2) is 12.8 Å². The van der Waals surface area contributed by atoms with E-state index in [9.17, 15) is 17.6 Å². The van der Waals surface area contributed by atoms with E-state index in [0.29, 0.717) is 10.9 Å². The Hall–Kier alpha value is -0.750. The van der Waals surface area contributed by atoms with Crippen LogP contribution < -0.4 is 0 Å². The van der Waals surface area contributed by atoms with Crippen LogP contribution in [0.15, 0.2) is 22.7 Å². The predicted octanol–water partition coefficient (Wildman–Crippen LogP) is 2.21. The van der Waals surface area contributed by atoms with Crippen LogP contribution in [-0.4, -0.2) is 25.7 Å². The third kappa shape index (κ3) is 2.74. The first-order chi connectivity index (χ1) is 7.89. The third-order valence-corrected chi connectivity index (χ3v) is 5.26. The molecule has 1 atom stereocenters. The zero-order valence-electron chi connectivity index (χ0n) is 8.82. The molecule has 3 nitrogen and oxygen atoms in total. The summed E-state index contributed by atoms with van der Waals surface area (Å²) in [6, 6.07) is 3.83. The summed E-state index contributed by atoms with van der Waals surface area (Å²) in [6.07, 6.45) is 0.324. The number of halogens is 2. The minimum absolute atomic E-state index is 0.0380. The second-order valence-corrected chi connectivity index (χ2v) is 7.17. The maximum Gasteiger partial charge on any atom is 0.168 e. The highest BCUT2D eigenvalue weighted by Gasteiger charge is 2.34. The summed E-state index contributed by atoms with van der Waals surface area (Å²) < 4.78 is 36.1. The van der Waals surface area contributed by atoms with Crippen LogP contribution in [0.25, 0.3) is 0 Å². The number of carbonyl (C=O) groups excluding carboxylic acids is 1. The quantitative estimate of drug-likeness (QED) is 0.785. The van der Waals surface area contributed by atoms with E-state index in [4.69, 9.17) is 0 Å². The van der Waals surface area contributed by atoms with Gasteiger partial charge in [0.05, 0.1) is 11.5 Å². The lowest BCUT2D eigenvalue weighted by atomic mass is 9.97. The van der Waals surface area contributed by atoms with Crippen molar-refractivity contribution in [3.8, 4) is 0 Å². The normalized spacial score (nSPS) is 22.6. The molecule has 1 aromatic rings. The number of benzene rings is 1. The molecule has 1 saturated heterocycles. The smallest absolute Gasteiger partial charge is 0.168 e. The highest BCUT2D eigenvalue weighted by molar-refractivity contribution is 9.10. The van der Waals surface area contributed by atoms with Crippen molar-refractivity contribution in [3.63, 3.8) is 0 Å². The molecule has 0 saturated carbocycles. The molecule has 0 aliphatic carbocycles. The lowest BCUT2D eigenvalue weighted by Crippen LogP contribution is -2.16. The first-order valence-electron chi connectivity index (χ1n) is 5.09. The van der Waals surface area contributed by atoms with Gasteiger partial charge in [0.25, 0.3) is 0 Å². The fourth-order valence-electron chi connectivity index (χ4n) is 1.91. The molecule has 1 unspecified atom stereocenters. The average molecular weight is 321 g/mol. The molecular formula is C11H10BrFO3S. The molecule has 0 amide bonds. The lowest BCUT2D eigenvalue weighted by Gasteiger charge is -2.08. The summed E-state index contributed by atoms with van der Waals surface area (Å²) >= 11 is 3.17. The topological polar surface area (TPSA) is 51.2 Å². The third-order valence-electron chi connectivity index (χ3n) is 2.80. The van der Waals surface area contributed by atoms with Crippen molar-refractivity contribution < 1.29 is 17.6 Å². The molecular weight excluding hydrogens is 311 g/mol. The van der Waals surface area contributed by atoms with Crippen molar-refractivity contribution >= 4 is 31.6 Å². The maximum atomic E-state index is 13.1. The molecule has 1 heterocycles. The number of carbonyl (C=O) groups is 1. The molecule has 1 aromatic carbocycles. The van der Waals surface area contributed by atoms with Gasteiger partial charge in [-0.3, -0.25) is 4.79 Å². The summed E-state index contributed by atoms with van der Waals surface area (Å²) in [6.45, 7) is 0. The minimum atomic E-state index is -3.10. The van der Waals surface area contributed by atoms with Gasteiger partial charge in [-0.05, 0) is 24.6 Å². The van der Waals surface area contributed by atoms with E-state index in [1.807, 2.05) is 0 Å². The Bertz CT molecular complexity index is 568. The van der Waals surface area contributed by atoms with Gasteiger partial charge in [-0.2, -0.15) is 0 Å². The molecule has 0 radical (unpaired) electrons. The molecule has 0 aromatic heterocycles. The number of hydrogen-bond donors (Lipinski definition) is 0. The number of ketones is 1. The standard InChI is InChI=1S/C11H10BrFO3S/c12-10-2-1-8(13)5-9(10)11(14)7-3-4-17(15,16)6-7/h1-2,5,7H,3-4,6H2. The Morgan fingerprint density at radius 3 is 2.71 bits per heavy atom. The van der Waals surface area contributed by atoms with Crippen LogP contribution in [0.5, 0.6) is 0 Å². The van der Waals surface area contributed by atoms with Crippen LogP contribution in [0.3, 0.4) is 0 Å². The second kappa shape index (κ2) is 4.49. The lowest BCUT2D eigenvalue weighted by molar-refractivity contribution is 0.0932. The summed E-state index contributed by atoms with van der Waals surface area (Å²) in [7, 11) is -3.10. The maximum absolute atomic E-state index is 13.1. The van der Waals surface area contributed by atoms with Gasteiger partial charge in [-0.15, -0.1) is 0 Å². The molecule has 17 heavy (non-hydrogen) atoms. The van der Waals surface area contributed by atoms with E-state index in [0.717, 1.165) is 6.07 Å². The van der Waals surface area contributed by atoms with Crippen LogP contribution in [0.1, 0.15) is 16.8 Å². The van der Waals surface area contributed by atoms with E-state index in [1.54, 1.807) is 0 Å². The molecule has 1 aliphatic rings. The van der Waals surface area contributed by atoms with Crippen LogP contribution in [0.2, 0.25) is 0 Å². The van der Waals surface area contributed by atoms with Gasteiger partial charge < -0.3 is 0 Å². The molecule has 1 aliphatic heterocycles. The monoisotopic (exact) mass is 320 g/mol. The molecule has 92 valence electrons. The largest absolute Gasteiger partial charge is 0.294 e. The zero-order chi connectivity index (χ0) is 12.6. The van der Waals surface area contributed by atoms with Crippen LogP contribution in [0.4, 0.5) is 4.39 Å². The summed E-state index contributed by atoms with van der Waals surface area (Å²) in [5.41, 5.74) is 0.215. The van der Waals surface area contributed by atoms with Gasteiger partial charge in [0.1, 0.15) is 5.82 Å². The van der Waals surface area contributed by atoms with Crippen molar-refractivity contribution in [2.45, 2.75) is 6.42 Å². The van der Waals surface area contributed by atoms with E-state index in [2.05, 4.69) is 15.9 Å². The Morgan fingerprint density at radius 2 is 2.12 bits per heavy atom. The Morgan fingerprint density at radius 1 is 1.41 bits per heavy atom. The summed E-state index contributed by atoms with van der Waals surface area (Å²) in [4.78, 5) is 12.0. The molecule has 1 fully saturated rings. The zero-order valence-corrected chi connectivity index (χ0v) is 11.2. The SMILES string of the molecule is O=C(c1cc(F)ccc1Br)C1CCS(=O)(=O)C1. The van der Waals surface area contributed by atoms with Gasteiger partial charge in [-0.1, -0.05) is 15.9 Å². The van der Waals surface area contributed by atoms with E-state index in [-0.39, 0.29) is 22.9 Å². The van der Waals surface area contributed by atoms with E-state index < -0.39 is 21.6 Å². The second-order valence-electron chi connectivity index (χ2n) is 4.09. The Labute approximate surface area is 107 Å².